The molecule has 0 saturated carbocycles. The van der Waals surface area contributed by atoms with Crippen LogP contribution in [0.3, 0.4) is 0 Å². The lowest BCUT2D eigenvalue weighted by Crippen LogP contribution is -2.34. The first-order valence-electron chi connectivity index (χ1n) is 6.87. The third-order valence-corrected chi connectivity index (χ3v) is 4.10. The highest BCUT2D eigenvalue weighted by molar-refractivity contribution is 7.88. The molecule has 1 rings (SSSR count). The molecule has 0 bridgehead atoms. The van der Waals surface area contributed by atoms with E-state index >= 15 is 0 Å². The van der Waals surface area contributed by atoms with E-state index in [9.17, 15) is 13.2 Å². The Kier molecular flexibility index (Phi) is 6.80. The first-order valence-corrected chi connectivity index (χ1v) is 8.52. The smallest absolute Gasteiger partial charge is 0.221 e. The van der Waals surface area contributed by atoms with E-state index in [-0.39, 0.29) is 30.7 Å². The minimum absolute atomic E-state index is 0.0511. The fraction of sp³-hybridized carbons (Fsp3) is 0.500. The van der Waals surface area contributed by atoms with Gasteiger partial charge in [-0.25, -0.2) is 13.1 Å². The largest absolute Gasteiger partial charge is 0.354 e. The van der Waals surface area contributed by atoms with Gasteiger partial charge >= 0.3 is 0 Å². The molecule has 118 valence electrons. The van der Waals surface area contributed by atoms with E-state index in [1.165, 1.54) is 0 Å². The minimum Gasteiger partial charge on any atom is -0.354 e. The highest BCUT2D eigenvalue weighted by Gasteiger charge is 2.12. The Hall–Kier alpha value is -1.44. The summed E-state index contributed by atoms with van der Waals surface area (Å²) in [5.41, 5.74) is 7.13. The van der Waals surface area contributed by atoms with Gasteiger partial charge in [-0.1, -0.05) is 24.3 Å². The molecule has 0 spiro atoms. The van der Waals surface area contributed by atoms with E-state index in [0.717, 1.165) is 5.56 Å². The summed E-state index contributed by atoms with van der Waals surface area (Å²) in [6, 6.07) is 7.15. The Morgan fingerprint density at radius 1 is 1.19 bits per heavy atom. The third kappa shape index (κ3) is 7.22. The van der Waals surface area contributed by atoms with E-state index in [1.807, 2.05) is 13.8 Å². The molecule has 0 fully saturated rings. The molecule has 0 unspecified atom stereocenters. The van der Waals surface area contributed by atoms with Gasteiger partial charge < -0.3 is 11.1 Å². The number of nitrogens with two attached hydrogens (primary N) is 1. The number of sulfonamides is 1. The SMILES string of the molecule is CC(C)NC(=O)CCNS(=O)(=O)Cc1ccc(CN)cc1. The number of carbonyl (C=O) groups excluding carboxylic acids is 1. The summed E-state index contributed by atoms with van der Waals surface area (Å²) in [7, 11) is -3.44. The summed E-state index contributed by atoms with van der Waals surface area (Å²) in [4.78, 5) is 11.4. The number of hydrogen-bond acceptors (Lipinski definition) is 4. The zero-order valence-corrected chi connectivity index (χ0v) is 13.2. The molecule has 0 radical (unpaired) electrons. The average Bonchev–Trinajstić information content (AvgIpc) is 2.38. The van der Waals surface area contributed by atoms with Crippen LogP contribution in [0.1, 0.15) is 31.4 Å². The van der Waals surface area contributed by atoms with Crippen molar-refractivity contribution in [3.8, 4) is 0 Å². The molecular formula is C14H23N3O3S. The zero-order valence-electron chi connectivity index (χ0n) is 12.4. The van der Waals surface area contributed by atoms with Gasteiger partial charge in [0.25, 0.3) is 0 Å². The first kappa shape index (κ1) is 17.6. The van der Waals surface area contributed by atoms with Gasteiger partial charge in [-0.2, -0.15) is 0 Å². The Morgan fingerprint density at radius 3 is 2.29 bits per heavy atom. The summed E-state index contributed by atoms with van der Waals surface area (Å²) in [5, 5.41) is 2.71. The predicted molar refractivity (Wildman–Crippen MR) is 82.9 cm³/mol. The van der Waals surface area contributed by atoms with E-state index in [1.54, 1.807) is 24.3 Å². The fourth-order valence-electron chi connectivity index (χ4n) is 1.76. The number of hydrogen-bond donors (Lipinski definition) is 3. The lowest BCUT2D eigenvalue weighted by atomic mass is 10.1. The summed E-state index contributed by atoms with van der Waals surface area (Å²) in [6.45, 7) is 4.23. The second-order valence-electron chi connectivity index (χ2n) is 5.15. The van der Waals surface area contributed by atoms with Crippen molar-refractivity contribution in [3.63, 3.8) is 0 Å². The van der Waals surface area contributed by atoms with Crippen LogP contribution >= 0.6 is 0 Å². The van der Waals surface area contributed by atoms with Crippen LogP contribution < -0.4 is 15.8 Å². The monoisotopic (exact) mass is 313 g/mol. The Bertz CT molecular complexity index is 553. The Balaban J connectivity index is 2.44. The molecule has 0 heterocycles. The molecule has 1 amide bonds. The van der Waals surface area contributed by atoms with Gasteiger partial charge in [-0.15, -0.1) is 0 Å². The number of benzene rings is 1. The molecule has 0 atom stereocenters. The topological polar surface area (TPSA) is 101 Å². The van der Waals surface area contributed by atoms with Crippen LogP contribution in [0.5, 0.6) is 0 Å². The molecule has 0 saturated heterocycles. The van der Waals surface area contributed by atoms with E-state index in [0.29, 0.717) is 12.1 Å². The van der Waals surface area contributed by atoms with Crippen LogP contribution in [-0.2, 0) is 27.1 Å². The molecule has 1 aromatic rings. The average molecular weight is 313 g/mol. The summed E-state index contributed by atoms with van der Waals surface area (Å²) >= 11 is 0. The molecule has 0 aliphatic carbocycles. The van der Waals surface area contributed by atoms with Gasteiger partial charge in [-0.05, 0) is 25.0 Å². The van der Waals surface area contributed by atoms with Crippen molar-refractivity contribution in [3.05, 3.63) is 35.4 Å². The van der Waals surface area contributed by atoms with Gasteiger partial charge in [0.2, 0.25) is 15.9 Å². The Morgan fingerprint density at radius 2 is 1.76 bits per heavy atom. The van der Waals surface area contributed by atoms with Crippen LogP contribution in [0.15, 0.2) is 24.3 Å². The highest BCUT2D eigenvalue weighted by Crippen LogP contribution is 2.07. The number of amides is 1. The highest BCUT2D eigenvalue weighted by atomic mass is 32.2. The summed E-state index contributed by atoms with van der Waals surface area (Å²) in [6.07, 6.45) is 0.128. The van der Waals surface area contributed by atoms with E-state index < -0.39 is 10.0 Å². The lowest BCUT2D eigenvalue weighted by Gasteiger charge is -2.09. The number of carbonyl (C=O) groups is 1. The van der Waals surface area contributed by atoms with Crippen LogP contribution in [0.2, 0.25) is 0 Å². The molecule has 1 aromatic carbocycles. The maximum Gasteiger partial charge on any atom is 0.221 e. The Labute approximate surface area is 126 Å². The van der Waals surface area contributed by atoms with Crippen molar-refractivity contribution in [1.29, 1.82) is 0 Å². The van der Waals surface area contributed by atoms with E-state index in [4.69, 9.17) is 5.73 Å². The van der Waals surface area contributed by atoms with Crippen LogP contribution in [0, 0.1) is 0 Å². The molecule has 21 heavy (non-hydrogen) atoms. The van der Waals surface area contributed by atoms with Gasteiger partial charge in [0.1, 0.15) is 0 Å². The lowest BCUT2D eigenvalue weighted by molar-refractivity contribution is -0.121. The van der Waals surface area contributed by atoms with Gasteiger partial charge in [-0.3, -0.25) is 4.79 Å². The molecule has 4 N–H and O–H groups in total. The van der Waals surface area contributed by atoms with Crippen molar-refractivity contribution in [2.24, 2.45) is 5.73 Å². The molecule has 6 nitrogen and oxygen atoms in total. The predicted octanol–water partition coefficient (Wildman–Crippen LogP) is 0.479. The molecule has 0 aliphatic rings. The molecule has 7 heteroatoms. The number of nitrogens with one attached hydrogen (secondary N) is 2. The van der Waals surface area contributed by atoms with E-state index in [2.05, 4.69) is 10.0 Å². The molecule has 0 aromatic heterocycles. The molecular weight excluding hydrogens is 290 g/mol. The van der Waals surface area contributed by atoms with Crippen LogP contribution in [-0.4, -0.2) is 26.9 Å². The van der Waals surface area contributed by atoms with Crippen molar-refractivity contribution in [2.75, 3.05) is 6.54 Å². The normalized spacial score (nSPS) is 11.6. The maximum absolute atomic E-state index is 11.9. The fourth-order valence-corrected chi connectivity index (χ4v) is 2.90. The van der Waals surface area contributed by atoms with Gasteiger partial charge in [0.15, 0.2) is 0 Å². The van der Waals surface area contributed by atoms with Crippen molar-refractivity contribution < 1.29 is 13.2 Å². The van der Waals surface area contributed by atoms with Gasteiger partial charge in [0, 0.05) is 25.6 Å². The standard InChI is InChI=1S/C14H23N3O3S/c1-11(2)17-14(18)7-8-16-21(19,20)10-13-5-3-12(9-15)4-6-13/h3-6,11,16H,7-10,15H2,1-2H3,(H,17,18). The molecule has 0 aliphatic heterocycles. The zero-order chi connectivity index (χ0) is 15.9. The summed E-state index contributed by atoms with van der Waals surface area (Å²) < 4.78 is 26.2. The van der Waals surface area contributed by atoms with Crippen LogP contribution in [0.4, 0.5) is 0 Å². The second-order valence-corrected chi connectivity index (χ2v) is 6.95. The number of rotatable bonds is 8. The van der Waals surface area contributed by atoms with Crippen molar-refractivity contribution in [2.45, 2.75) is 38.6 Å². The maximum atomic E-state index is 11.9. The van der Waals surface area contributed by atoms with Crippen molar-refractivity contribution in [1.82, 2.24) is 10.0 Å². The third-order valence-electron chi connectivity index (χ3n) is 2.74. The van der Waals surface area contributed by atoms with Gasteiger partial charge in [0.05, 0.1) is 5.75 Å². The van der Waals surface area contributed by atoms with Crippen molar-refractivity contribution >= 4 is 15.9 Å². The minimum atomic E-state index is -3.44. The second kappa shape index (κ2) is 8.11. The van der Waals surface area contributed by atoms with Crippen LogP contribution in [0.25, 0.3) is 0 Å². The summed E-state index contributed by atoms with van der Waals surface area (Å²) in [5.74, 6) is -0.274. The first-order chi connectivity index (χ1) is 9.82. The quantitative estimate of drug-likeness (QED) is 0.649.